The molecule has 0 unspecified atom stereocenters. The third kappa shape index (κ3) is 4.26. The van der Waals surface area contributed by atoms with Gasteiger partial charge in [-0.15, -0.1) is 9.81 Å². The van der Waals surface area contributed by atoms with Crippen LogP contribution in [0.2, 0.25) is 0 Å². The maximum absolute atomic E-state index is 12.6. The summed E-state index contributed by atoms with van der Waals surface area (Å²) < 4.78 is 35.6. The van der Waals surface area contributed by atoms with Crippen molar-refractivity contribution in [1.29, 1.82) is 0 Å². The summed E-state index contributed by atoms with van der Waals surface area (Å²) in [5.74, 6) is -0.679. The fraction of sp³-hybridized carbons (Fsp3) is 0.222. The van der Waals surface area contributed by atoms with Crippen molar-refractivity contribution < 1.29 is 13.2 Å². The Morgan fingerprint density at radius 2 is 1.48 bits per heavy atom. The Balaban J connectivity index is 3.60. The molecule has 0 spiro atoms. The Labute approximate surface area is 130 Å². The summed E-state index contributed by atoms with van der Waals surface area (Å²) in [6.45, 7) is 0. The van der Waals surface area contributed by atoms with Crippen LogP contribution < -0.4 is 5.73 Å². The van der Waals surface area contributed by atoms with E-state index >= 15 is 0 Å². The monoisotopic (exact) mass is 362 g/mol. The fourth-order valence-electron chi connectivity index (χ4n) is 1.21. The van der Waals surface area contributed by atoms with Crippen molar-refractivity contribution in [1.82, 2.24) is 0 Å². The van der Waals surface area contributed by atoms with Crippen molar-refractivity contribution in [3.63, 3.8) is 0 Å². The lowest BCUT2D eigenvalue weighted by molar-refractivity contribution is -0.137. The average Bonchev–Trinajstić information content (AvgIpc) is 2.36. The maximum atomic E-state index is 12.6. The zero-order chi connectivity index (χ0) is 16.4. The number of hydrogen-bond donors (Lipinski definition) is 1. The second-order valence-electron chi connectivity index (χ2n) is 3.54. The molecule has 12 heteroatoms. The van der Waals surface area contributed by atoms with Crippen molar-refractivity contribution in [2.75, 3.05) is 0 Å². The van der Waals surface area contributed by atoms with Crippen LogP contribution in [0.25, 0.3) is 0 Å². The van der Waals surface area contributed by atoms with Gasteiger partial charge in [0.05, 0.1) is 5.56 Å². The molecule has 6 nitrogen and oxygen atoms in total. The molecule has 114 valence electrons. The van der Waals surface area contributed by atoms with E-state index in [1.165, 1.54) is 0 Å². The summed E-state index contributed by atoms with van der Waals surface area (Å²) in [6.07, 6.45) is -4.82. The minimum absolute atomic E-state index is 0.367. The Morgan fingerprint density at radius 1 is 1.05 bits per heavy atom. The van der Waals surface area contributed by atoms with Gasteiger partial charge in [0, 0.05) is 0 Å². The second-order valence-corrected chi connectivity index (χ2v) is 5.82. The first-order valence-corrected chi connectivity index (χ1v) is 5.97. The molecule has 0 aliphatic heterocycles. The van der Waals surface area contributed by atoms with Crippen molar-refractivity contribution in [2.24, 2.45) is 21.1 Å². The highest BCUT2D eigenvalue weighted by atomic mass is 35.6. The molecule has 0 saturated carbocycles. The summed E-state index contributed by atoms with van der Waals surface area (Å²) in [5.41, 5.74) is 1.72. The highest BCUT2D eigenvalue weighted by Gasteiger charge is 2.33. The number of halogens is 6. The lowest BCUT2D eigenvalue weighted by Crippen LogP contribution is -2.27. The number of rotatable bonds is 3. The van der Waals surface area contributed by atoms with E-state index in [-0.39, 0.29) is 0 Å². The van der Waals surface area contributed by atoms with E-state index in [2.05, 4.69) is 15.3 Å². The van der Waals surface area contributed by atoms with Crippen LogP contribution in [0.1, 0.15) is 5.56 Å². The average molecular weight is 364 g/mol. The van der Waals surface area contributed by atoms with Gasteiger partial charge in [-0.2, -0.15) is 13.2 Å². The molecule has 0 aliphatic rings. The quantitative estimate of drug-likeness (QED) is 0.359. The first-order valence-electron chi connectivity index (χ1n) is 4.84. The molecule has 0 aliphatic carbocycles. The lowest BCUT2D eigenvalue weighted by Gasteiger charge is -2.12. The molecule has 0 atom stereocenters. The van der Waals surface area contributed by atoms with Crippen molar-refractivity contribution in [3.8, 4) is 0 Å². The lowest BCUT2D eigenvalue weighted by atomic mass is 10.1. The number of nitrogens with two attached hydrogens (primary N) is 1. The van der Waals surface area contributed by atoms with Crippen LogP contribution in [0.15, 0.2) is 27.5 Å². The van der Waals surface area contributed by atoms with E-state index < -0.39 is 38.4 Å². The van der Waals surface area contributed by atoms with Gasteiger partial charge < -0.3 is 5.73 Å². The smallest absolute Gasteiger partial charge is 0.384 e. The third-order valence-electron chi connectivity index (χ3n) is 2.12. The molecule has 1 aromatic carbocycles. The Bertz CT molecular complexity index is 584. The van der Waals surface area contributed by atoms with Gasteiger partial charge in [-0.25, -0.2) is 4.99 Å². The summed E-state index contributed by atoms with van der Waals surface area (Å²) in [5, 5.41) is 4.70. The minimum Gasteiger partial charge on any atom is -0.384 e. The largest absolute Gasteiger partial charge is 0.416 e. The van der Waals surface area contributed by atoms with E-state index in [0.29, 0.717) is 12.1 Å². The highest BCUT2D eigenvalue weighted by molar-refractivity contribution is 6.76. The van der Waals surface area contributed by atoms with Gasteiger partial charge in [0.25, 0.3) is 0 Å². The Hall–Kier alpha value is -1.45. The normalized spacial score (nSPS) is 13.1. The van der Waals surface area contributed by atoms with Crippen LogP contribution in [0, 0.1) is 9.81 Å². The predicted octanol–water partition coefficient (Wildman–Crippen LogP) is 4.86. The molecule has 0 radical (unpaired) electrons. The van der Waals surface area contributed by atoms with E-state index in [1.54, 1.807) is 0 Å². The standard InChI is InChI=1S/C9H4Cl3F3N4O2/c10-8(11,12)7(16)17-6-4(18-20)1-3(9(13,14)15)2-5(6)19-21/h1-2H,(H2,16,17). The fourth-order valence-corrected chi connectivity index (χ4v) is 1.33. The summed E-state index contributed by atoms with van der Waals surface area (Å²) in [6, 6.07) is 0.734. The van der Waals surface area contributed by atoms with E-state index in [4.69, 9.17) is 40.5 Å². The van der Waals surface area contributed by atoms with Crippen LogP contribution >= 0.6 is 34.8 Å². The number of aliphatic imine (C=N–C) groups is 1. The topological polar surface area (TPSA) is 97.2 Å². The number of nitrogens with zero attached hydrogens (tertiary/aromatic N) is 3. The van der Waals surface area contributed by atoms with E-state index in [0.717, 1.165) is 0 Å². The summed E-state index contributed by atoms with van der Waals surface area (Å²) >= 11 is 16.2. The van der Waals surface area contributed by atoms with E-state index in [1.807, 2.05) is 0 Å². The van der Waals surface area contributed by atoms with Gasteiger partial charge >= 0.3 is 6.18 Å². The van der Waals surface area contributed by atoms with Gasteiger partial charge in [0.1, 0.15) is 17.1 Å². The number of nitroso groups, excluding NO2 is 2. The first-order chi connectivity index (χ1) is 9.50. The molecule has 1 aromatic rings. The molecule has 2 N–H and O–H groups in total. The molecule has 0 heterocycles. The molecule has 0 bridgehead atoms. The molecule has 21 heavy (non-hydrogen) atoms. The van der Waals surface area contributed by atoms with Crippen molar-refractivity contribution in [2.45, 2.75) is 9.97 Å². The second kappa shape index (κ2) is 6.12. The van der Waals surface area contributed by atoms with E-state index in [9.17, 15) is 23.0 Å². The summed E-state index contributed by atoms with van der Waals surface area (Å²) in [4.78, 5) is 24.7. The van der Waals surface area contributed by atoms with Gasteiger partial charge in [0.15, 0.2) is 5.84 Å². The Morgan fingerprint density at radius 3 is 1.76 bits per heavy atom. The van der Waals surface area contributed by atoms with Crippen molar-refractivity contribution >= 4 is 57.7 Å². The zero-order valence-corrected chi connectivity index (χ0v) is 11.9. The first kappa shape index (κ1) is 17.6. The molecular formula is C9H4Cl3F3N4O2. The molecule has 0 fully saturated rings. The SMILES string of the molecule is NC(=Nc1c(N=O)cc(C(F)(F)F)cc1N=O)C(Cl)(Cl)Cl. The van der Waals surface area contributed by atoms with Gasteiger partial charge in [-0.1, -0.05) is 34.8 Å². The maximum Gasteiger partial charge on any atom is 0.416 e. The molecule has 0 amide bonds. The third-order valence-corrected chi connectivity index (χ3v) is 2.70. The van der Waals surface area contributed by atoms with Gasteiger partial charge in [-0.05, 0) is 22.5 Å². The summed E-state index contributed by atoms with van der Waals surface area (Å²) in [7, 11) is 0. The highest BCUT2D eigenvalue weighted by Crippen LogP contribution is 2.44. The van der Waals surface area contributed by atoms with Crippen LogP contribution in [0.3, 0.4) is 0 Å². The van der Waals surface area contributed by atoms with Gasteiger partial charge in [0.2, 0.25) is 3.79 Å². The zero-order valence-electron chi connectivity index (χ0n) is 9.66. The van der Waals surface area contributed by atoms with Crippen LogP contribution in [0.5, 0.6) is 0 Å². The molecule has 1 rings (SSSR count). The van der Waals surface area contributed by atoms with Gasteiger partial charge in [-0.3, -0.25) is 0 Å². The van der Waals surface area contributed by atoms with Crippen molar-refractivity contribution in [3.05, 3.63) is 27.5 Å². The number of benzene rings is 1. The molecule has 0 saturated heterocycles. The van der Waals surface area contributed by atoms with Crippen LogP contribution in [0.4, 0.5) is 30.2 Å². The number of amidine groups is 1. The molecular weight excluding hydrogens is 359 g/mol. The van der Waals surface area contributed by atoms with Crippen LogP contribution in [-0.2, 0) is 6.18 Å². The number of hydrogen-bond acceptors (Lipinski definition) is 5. The van der Waals surface area contributed by atoms with Crippen LogP contribution in [-0.4, -0.2) is 9.63 Å². The molecule has 0 aromatic heterocycles. The number of alkyl halides is 6. The minimum atomic E-state index is -4.82. The Kier molecular flexibility index (Phi) is 5.13. The predicted molar refractivity (Wildman–Crippen MR) is 73.9 cm³/mol.